The standard InChI is InChI=1S/C22H25NO4/c1-26-20-5-3-2-4-18(20)16-6-8-17(9-7-16)22(25)23-10-11-27-21-13-15(14-24)12-19(21)23/h2-9,15,19,21,24H,10-14H2,1H3/t15-,19+,21?/m1/s1. The molecule has 2 aromatic rings. The Morgan fingerprint density at radius 1 is 1.19 bits per heavy atom. The number of para-hydroxylation sites is 1. The van der Waals surface area contributed by atoms with Crippen molar-refractivity contribution in [3.8, 4) is 16.9 Å². The van der Waals surface area contributed by atoms with Crippen molar-refractivity contribution in [2.75, 3.05) is 26.9 Å². The summed E-state index contributed by atoms with van der Waals surface area (Å²) in [6.45, 7) is 1.32. The van der Waals surface area contributed by atoms with Gasteiger partial charge in [-0.2, -0.15) is 0 Å². The van der Waals surface area contributed by atoms with Gasteiger partial charge in [-0.1, -0.05) is 30.3 Å². The first-order valence-electron chi connectivity index (χ1n) is 9.48. The second-order valence-corrected chi connectivity index (χ2v) is 7.27. The summed E-state index contributed by atoms with van der Waals surface area (Å²) in [5.74, 6) is 1.08. The van der Waals surface area contributed by atoms with Gasteiger partial charge in [-0.15, -0.1) is 0 Å². The summed E-state index contributed by atoms with van der Waals surface area (Å²) in [5.41, 5.74) is 2.71. The molecule has 1 amide bonds. The van der Waals surface area contributed by atoms with E-state index in [1.165, 1.54) is 0 Å². The SMILES string of the molecule is COc1ccccc1-c1ccc(C(=O)N2CCOC3C[C@H](CO)C[C@@H]32)cc1. The molecule has 1 saturated heterocycles. The molecule has 0 aromatic heterocycles. The zero-order chi connectivity index (χ0) is 18.8. The number of carbonyl (C=O) groups is 1. The van der Waals surface area contributed by atoms with E-state index in [2.05, 4.69) is 0 Å². The van der Waals surface area contributed by atoms with Crippen LogP contribution in [-0.2, 0) is 4.74 Å². The zero-order valence-corrected chi connectivity index (χ0v) is 15.5. The van der Waals surface area contributed by atoms with Crippen LogP contribution in [0.2, 0.25) is 0 Å². The van der Waals surface area contributed by atoms with Crippen LogP contribution in [0.15, 0.2) is 48.5 Å². The van der Waals surface area contributed by atoms with Crippen LogP contribution < -0.4 is 4.74 Å². The fourth-order valence-electron chi connectivity index (χ4n) is 4.29. The summed E-state index contributed by atoms with van der Waals surface area (Å²) in [6, 6.07) is 15.6. The lowest BCUT2D eigenvalue weighted by molar-refractivity contribution is -0.0448. The third-order valence-corrected chi connectivity index (χ3v) is 5.70. The quantitative estimate of drug-likeness (QED) is 0.903. The smallest absolute Gasteiger partial charge is 0.254 e. The maximum Gasteiger partial charge on any atom is 0.254 e. The fraction of sp³-hybridized carbons (Fsp3) is 0.409. The van der Waals surface area contributed by atoms with E-state index in [0.29, 0.717) is 18.7 Å². The Bertz CT molecular complexity index is 804. The van der Waals surface area contributed by atoms with E-state index in [1.54, 1.807) is 7.11 Å². The molecule has 1 aliphatic heterocycles. The number of hydrogen-bond donors (Lipinski definition) is 1. The van der Waals surface area contributed by atoms with E-state index in [4.69, 9.17) is 9.47 Å². The lowest BCUT2D eigenvalue weighted by Crippen LogP contribution is -2.51. The number of nitrogens with zero attached hydrogens (tertiary/aromatic N) is 1. The van der Waals surface area contributed by atoms with Gasteiger partial charge in [-0.25, -0.2) is 0 Å². The summed E-state index contributed by atoms with van der Waals surface area (Å²) in [7, 11) is 1.66. The van der Waals surface area contributed by atoms with E-state index < -0.39 is 0 Å². The highest BCUT2D eigenvalue weighted by Gasteiger charge is 2.42. The molecule has 27 heavy (non-hydrogen) atoms. The predicted molar refractivity (Wildman–Crippen MR) is 103 cm³/mol. The molecule has 4 rings (SSSR count). The van der Waals surface area contributed by atoms with Crippen molar-refractivity contribution >= 4 is 5.91 Å². The highest BCUT2D eigenvalue weighted by molar-refractivity contribution is 5.95. The van der Waals surface area contributed by atoms with Crippen LogP contribution in [0.3, 0.4) is 0 Å². The number of carbonyl (C=O) groups excluding carboxylic acids is 1. The van der Waals surface area contributed by atoms with Gasteiger partial charge in [0.2, 0.25) is 0 Å². The minimum Gasteiger partial charge on any atom is -0.496 e. The zero-order valence-electron chi connectivity index (χ0n) is 15.5. The van der Waals surface area contributed by atoms with Crippen molar-refractivity contribution in [3.63, 3.8) is 0 Å². The van der Waals surface area contributed by atoms with Gasteiger partial charge in [-0.05, 0) is 42.5 Å². The van der Waals surface area contributed by atoms with E-state index in [1.807, 2.05) is 53.4 Å². The van der Waals surface area contributed by atoms with Gasteiger partial charge in [0, 0.05) is 24.3 Å². The van der Waals surface area contributed by atoms with Gasteiger partial charge in [0.1, 0.15) is 5.75 Å². The second-order valence-electron chi connectivity index (χ2n) is 7.27. The lowest BCUT2D eigenvalue weighted by Gasteiger charge is -2.37. The number of ether oxygens (including phenoxy) is 2. The molecule has 1 unspecified atom stereocenters. The molecule has 1 saturated carbocycles. The highest BCUT2D eigenvalue weighted by Crippen LogP contribution is 2.35. The van der Waals surface area contributed by atoms with Crippen molar-refractivity contribution in [1.29, 1.82) is 0 Å². The van der Waals surface area contributed by atoms with Gasteiger partial charge in [-0.3, -0.25) is 4.79 Å². The summed E-state index contributed by atoms with van der Waals surface area (Å²) in [6.07, 6.45) is 1.69. The normalized spacial score (nSPS) is 24.5. The molecule has 1 aliphatic carbocycles. The molecular weight excluding hydrogens is 342 g/mol. The Kier molecular flexibility index (Phi) is 5.14. The Labute approximate surface area is 159 Å². The number of benzene rings is 2. The third kappa shape index (κ3) is 3.45. The molecule has 0 bridgehead atoms. The van der Waals surface area contributed by atoms with Crippen LogP contribution in [0.5, 0.6) is 5.75 Å². The molecule has 2 fully saturated rings. The summed E-state index contributed by atoms with van der Waals surface area (Å²) < 4.78 is 11.3. The number of aliphatic hydroxyl groups is 1. The highest BCUT2D eigenvalue weighted by atomic mass is 16.5. The fourth-order valence-corrected chi connectivity index (χ4v) is 4.29. The minimum atomic E-state index is 0.0402. The van der Waals surface area contributed by atoms with Crippen LogP contribution >= 0.6 is 0 Å². The van der Waals surface area contributed by atoms with Crippen LogP contribution in [0.25, 0.3) is 11.1 Å². The van der Waals surface area contributed by atoms with Gasteiger partial charge in [0.05, 0.1) is 25.9 Å². The molecule has 5 heteroatoms. The van der Waals surface area contributed by atoms with E-state index in [0.717, 1.165) is 29.7 Å². The van der Waals surface area contributed by atoms with Crippen molar-refractivity contribution in [1.82, 2.24) is 4.90 Å². The lowest BCUT2D eigenvalue weighted by atomic mass is 10.0. The van der Waals surface area contributed by atoms with Crippen LogP contribution in [0, 0.1) is 5.92 Å². The molecule has 2 aliphatic rings. The Morgan fingerprint density at radius 2 is 1.96 bits per heavy atom. The molecule has 5 nitrogen and oxygen atoms in total. The Hall–Kier alpha value is -2.37. The number of rotatable bonds is 4. The molecule has 1 heterocycles. The molecule has 2 aromatic carbocycles. The first kappa shape index (κ1) is 18.0. The van der Waals surface area contributed by atoms with E-state index >= 15 is 0 Å². The molecule has 142 valence electrons. The first-order valence-corrected chi connectivity index (χ1v) is 9.48. The van der Waals surface area contributed by atoms with Gasteiger partial charge >= 0.3 is 0 Å². The van der Waals surface area contributed by atoms with Crippen molar-refractivity contribution in [2.45, 2.75) is 25.0 Å². The van der Waals surface area contributed by atoms with E-state index in [-0.39, 0.29) is 30.6 Å². The average Bonchev–Trinajstić information content (AvgIpc) is 3.17. The summed E-state index contributed by atoms with van der Waals surface area (Å²) >= 11 is 0. The van der Waals surface area contributed by atoms with Crippen LogP contribution in [0.4, 0.5) is 0 Å². The molecular formula is C22H25NO4. The summed E-state index contributed by atoms with van der Waals surface area (Å²) in [5, 5.41) is 9.47. The van der Waals surface area contributed by atoms with Gasteiger partial charge in [0.25, 0.3) is 5.91 Å². The number of fused-ring (bicyclic) bond motifs is 1. The predicted octanol–water partition coefficient (Wildman–Crippen LogP) is 2.97. The number of aliphatic hydroxyl groups excluding tert-OH is 1. The maximum atomic E-state index is 13.1. The third-order valence-electron chi connectivity index (χ3n) is 5.70. The molecule has 1 N–H and O–H groups in total. The number of morpholine rings is 1. The molecule has 0 spiro atoms. The first-order chi connectivity index (χ1) is 13.2. The van der Waals surface area contributed by atoms with Gasteiger partial charge in [0.15, 0.2) is 0 Å². The van der Waals surface area contributed by atoms with E-state index in [9.17, 15) is 9.90 Å². The average molecular weight is 367 g/mol. The van der Waals surface area contributed by atoms with Crippen LogP contribution in [0.1, 0.15) is 23.2 Å². The Morgan fingerprint density at radius 3 is 2.70 bits per heavy atom. The minimum absolute atomic E-state index is 0.0402. The Balaban J connectivity index is 1.54. The maximum absolute atomic E-state index is 13.1. The molecule has 3 atom stereocenters. The van der Waals surface area contributed by atoms with Crippen LogP contribution in [-0.4, -0.2) is 54.9 Å². The topological polar surface area (TPSA) is 59.0 Å². The number of methoxy groups -OCH3 is 1. The van der Waals surface area contributed by atoms with Crippen molar-refractivity contribution in [3.05, 3.63) is 54.1 Å². The van der Waals surface area contributed by atoms with Gasteiger partial charge < -0.3 is 19.5 Å². The number of hydrogen-bond acceptors (Lipinski definition) is 4. The molecule has 0 radical (unpaired) electrons. The number of amides is 1. The summed E-state index contributed by atoms with van der Waals surface area (Å²) in [4.78, 5) is 15.0. The monoisotopic (exact) mass is 367 g/mol. The largest absolute Gasteiger partial charge is 0.496 e. The van der Waals surface area contributed by atoms with Crippen molar-refractivity contribution in [2.24, 2.45) is 5.92 Å². The second kappa shape index (κ2) is 7.71. The van der Waals surface area contributed by atoms with Crippen molar-refractivity contribution < 1.29 is 19.4 Å².